The summed E-state index contributed by atoms with van der Waals surface area (Å²) in [6.07, 6.45) is 1.59. The van der Waals surface area contributed by atoms with Crippen LogP contribution in [0.3, 0.4) is 0 Å². The minimum Gasteiger partial charge on any atom is -0.357 e. The fourth-order valence-corrected chi connectivity index (χ4v) is 4.97. The number of hydrogen-bond acceptors (Lipinski definition) is 3. The molecule has 0 bridgehead atoms. The molecule has 1 fully saturated rings. The van der Waals surface area contributed by atoms with Gasteiger partial charge in [0.05, 0.1) is 11.4 Å². The zero-order valence-electron chi connectivity index (χ0n) is 17.2. The molecule has 8 heteroatoms. The van der Waals surface area contributed by atoms with Gasteiger partial charge in [-0.1, -0.05) is 30.3 Å². The molecule has 0 spiro atoms. The van der Waals surface area contributed by atoms with Crippen molar-refractivity contribution in [2.24, 2.45) is 10.9 Å². The number of nitrogens with one attached hydrogen (secondary N) is 2. The van der Waals surface area contributed by atoms with Crippen LogP contribution in [0.15, 0.2) is 64.5 Å². The Hall–Kier alpha value is -2.45. The molecule has 3 rings (SSSR count). The van der Waals surface area contributed by atoms with E-state index in [2.05, 4.69) is 15.6 Å². The Labute approximate surface area is 178 Å². The van der Waals surface area contributed by atoms with Gasteiger partial charge in [-0.25, -0.2) is 17.8 Å². The molecule has 1 aliphatic heterocycles. The highest BCUT2D eigenvalue weighted by atomic mass is 32.2. The number of sulfonamides is 1. The van der Waals surface area contributed by atoms with E-state index >= 15 is 0 Å². The Morgan fingerprint density at radius 3 is 2.50 bits per heavy atom. The third-order valence-corrected chi connectivity index (χ3v) is 7.08. The van der Waals surface area contributed by atoms with Crippen molar-refractivity contribution in [2.45, 2.75) is 31.2 Å². The molecule has 0 amide bonds. The van der Waals surface area contributed by atoms with Crippen molar-refractivity contribution >= 4 is 16.0 Å². The van der Waals surface area contributed by atoms with Gasteiger partial charge in [-0.05, 0) is 55.5 Å². The van der Waals surface area contributed by atoms with E-state index < -0.39 is 10.0 Å². The third-order valence-electron chi connectivity index (χ3n) is 5.17. The molecule has 1 saturated heterocycles. The average molecular weight is 433 g/mol. The van der Waals surface area contributed by atoms with Crippen LogP contribution < -0.4 is 10.6 Å². The zero-order valence-corrected chi connectivity index (χ0v) is 18.0. The molecule has 0 saturated carbocycles. The fraction of sp³-hybridized carbons (Fsp3) is 0.409. The molecule has 0 atom stereocenters. The molecular formula is C22H29FN4O2S. The number of guanidine groups is 1. The van der Waals surface area contributed by atoms with Gasteiger partial charge in [-0.3, -0.25) is 0 Å². The highest BCUT2D eigenvalue weighted by Gasteiger charge is 2.29. The van der Waals surface area contributed by atoms with Crippen molar-refractivity contribution in [1.82, 2.24) is 14.9 Å². The molecule has 0 aromatic heterocycles. The van der Waals surface area contributed by atoms with Crippen molar-refractivity contribution in [1.29, 1.82) is 0 Å². The SMILES string of the molecule is CCNC(=NCc1cccc(F)c1)NCC1CCN(S(=O)(=O)c2ccccc2)CC1. The van der Waals surface area contributed by atoms with E-state index in [1.165, 1.54) is 12.1 Å². The maximum atomic E-state index is 13.3. The van der Waals surface area contributed by atoms with Crippen LogP contribution in [0.5, 0.6) is 0 Å². The molecule has 1 heterocycles. The van der Waals surface area contributed by atoms with Crippen molar-refractivity contribution in [3.8, 4) is 0 Å². The van der Waals surface area contributed by atoms with Crippen molar-refractivity contribution in [2.75, 3.05) is 26.2 Å². The lowest BCUT2D eigenvalue weighted by molar-refractivity contribution is 0.273. The zero-order chi connectivity index (χ0) is 21.4. The van der Waals surface area contributed by atoms with Gasteiger partial charge in [-0.15, -0.1) is 0 Å². The molecule has 0 unspecified atom stereocenters. The van der Waals surface area contributed by atoms with E-state index in [1.807, 2.05) is 19.1 Å². The number of benzene rings is 2. The quantitative estimate of drug-likeness (QED) is 0.521. The van der Waals surface area contributed by atoms with Crippen molar-refractivity contribution in [3.05, 3.63) is 66.0 Å². The van der Waals surface area contributed by atoms with Gasteiger partial charge in [0.15, 0.2) is 5.96 Å². The van der Waals surface area contributed by atoms with Crippen LogP contribution in [-0.2, 0) is 16.6 Å². The lowest BCUT2D eigenvalue weighted by Crippen LogP contribution is -2.44. The van der Waals surface area contributed by atoms with Crippen LogP contribution in [0, 0.1) is 11.7 Å². The first-order valence-electron chi connectivity index (χ1n) is 10.3. The maximum Gasteiger partial charge on any atom is 0.243 e. The third kappa shape index (κ3) is 6.03. The molecule has 6 nitrogen and oxygen atoms in total. The van der Waals surface area contributed by atoms with Crippen LogP contribution >= 0.6 is 0 Å². The summed E-state index contributed by atoms with van der Waals surface area (Å²) in [4.78, 5) is 4.87. The van der Waals surface area contributed by atoms with Gasteiger partial charge >= 0.3 is 0 Å². The van der Waals surface area contributed by atoms with Crippen molar-refractivity contribution in [3.63, 3.8) is 0 Å². The van der Waals surface area contributed by atoms with Gasteiger partial charge in [0.25, 0.3) is 0 Å². The molecule has 162 valence electrons. The van der Waals surface area contributed by atoms with E-state index in [0.717, 1.165) is 24.9 Å². The lowest BCUT2D eigenvalue weighted by atomic mass is 9.98. The summed E-state index contributed by atoms with van der Waals surface area (Å²) in [5.41, 5.74) is 0.812. The molecule has 1 aliphatic rings. The van der Waals surface area contributed by atoms with Crippen LogP contribution in [0.2, 0.25) is 0 Å². The van der Waals surface area contributed by atoms with Gasteiger partial charge in [0.2, 0.25) is 10.0 Å². The monoisotopic (exact) mass is 432 g/mol. The van der Waals surface area contributed by atoms with Crippen molar-refractivity contribution < 1.29 is 12.8 Å². The summed E-state index contributed by atoms with van der Waals surface area (Å²) in [5.74, 6) is 0.782. The Balaban J connectivity index is 1.51. The summed E-state index contributed by atoms with van der Waals surface area (Å²) in [6, 6.07) is 15.0. The van der Waals surface area contributed by atoms with Gasteiger partial charge in [-0.2, -0.15) is 4.31 Å². The first kappa shape index (κ1) is 22.2. The molecule has 2 N–H and O–H groups in total. The van der Waals surface area contributed by atoms with Crippen LogP contribution in [0.1, 0.15) is 25.3 Å². The van der Waals surface area contributed by atoms with Crippen LogP contribution in [0.25, 0.3) is 0 Å². The largest absolute Gasteiger partial charge is 0.357 e. The van der Waals surface area contributed by atoms with Gasteiger partial charge in [0, 0.05) is 26.2 Å². The second-order valence-corrected chi connectivity index (χ2v) is 9.30. The normalized spacial score (nSPS) is 16.4. The summed E-state index contributed by atoms with van der Waals surface area (Å²) < 4.78 is 40.4. The topological polar surface area (TPSA) is 73.8 Å². The first-order valence-corrected chi connectivity index (χ1v) is 11.7. The number of aliphatic imine (C=N–C) groups is 1. The smallest absolute Gasteiger partial charge is 0.243 e. The standard InChI is InChI=1S/C22H29FN4O2S/c1-2-24-22(26-17-19-7-6-8-20(23)15-19)25-16-18-11-13-27(14-12-18)30(28,29)21-9-4-3-5-10-21/h3-10,15,18H,2,11-14,16-17H2,1H3,(H2,24,25,26). The Bertz CT molecular complexity index is 943. The predicted molar refractivity (Wildman–Crippen MR) is 117 cm³/mol. The fourth-order valence-electron chi connectivity index (χ4n) is 3.48. The Morgan fingerprint density at radius 1 is 1.10 bits per heavy atom. The molecule has 0 aliphatic carbocycles. The predicted octanol–water partition coefficient (Wildman–Crippen LogP) is 2.98. The highest BCUT2D eigenvalue weighted by Crippen LogP contribution is 2.23. The summed E-state index contributed by atoms with van der Waals surface area (Å²) in [7, 11) is -3.42. The number of nitrogens with zero attached hydrogens (tertiary/aromatic N) is 2. The van der Waals surface area contributed by atoms with Gasteiger partial charge in [0.1, 0.15) is 5.82 Å². The lowest BCUT2D eigenvalue weighted by Gasteiger charge is -2.31. The summed E-state index contributed by atoms with van der Waals surface area (Å²) in [5, 5.41) is 6.54. The number of hydrogen-bond donors (Lipinski definition) is 2. The molecule has 30 heavy (non-hydrogen) atoms. The summed E-state index contributed by atoms with van der Waals surface area (Å²) in [6.45, 7) is 4.85. The highest BCUT2D eigenvalue weighted by molar-refractivity contribution is 7.89. The average Bonchev–Trinajstić information content (AvgIpc) is 2.76. The van der Waals surface area contributed by atoms with Crippen LogP contribution in [0.4, 0.5) is 4.39 Å². The number of rotatable bonds is 7. The molecule has 0 radical (unpaired) electrons. The Kier molecular flexibility index (Phi) is 7.81. The minimum atomic E-state index is -3.42. The van der Waals surface area contributed by atoms with E-state index in [1.54, 1.807) is 34.6 Å². The van der Waals surface area contributed by atoms with E-state index in [0.29, 0.717) is 43.0 Å². The molecule has 2 aromatic carbocycles. The first-order chi connectivity index (χ1) is 14.5. The van der Waals surface area contributed by atoms with Crippen LogP contribution in [-0.4, -0.2) is 44.9 Å². The van der Waals surface area contributed by atoms with Gasteiger partial charge < -0.3 is 10.6 Å². The molecule has 2 aromatic rings. The second kappa shape index (κ2) is 10.5. The minimum absolute atomic E-state index is 0.266. The van der Waals surface area contributed by atoms with E-state index in [9.17, 15) is 12.8 Å². The number of halogens is 1. The maximum absolute atomic E-state index is 13.3. The van der Waals surface area contributed by atoms with E-state index in [-0.39, 0.29) is 5.82 Å². The summed E-state index contributed by atoms with van der Waals surface area (Å²) >= 11 is 0. The number of piperidine rings is 1. The second-order valence-electron chi connectivity index (χ2n) is 7.37. The Morgan fingerprint density at radius 2 is 1.83 bits per heavy atom. The molecular weight excluding hydrogens is 403 g/mol. The van der Waals surface area contributed by atoms with E-state index in [4.69, 9.17) is 0 Å².